The fourth-order valence-electron chi connectivity index (χ4n) is 2.60. The molecule has 0 aromatic heterocycles. The van der Waals surface area contributed by atoms with Crippen LogP contribution in [-0.4, -0.2) is 52.5 Å². The number of aliphatic hydroxyl groups is 2. The van der Waals surface area contributed by atoms with E-state index >= 15 is 0 Å². The number of hydrogen-bond acceptors (Lipinski definition) is 6. The van der Waals surface area contributed by atoms with Gasteiger partial charge >= 0.3 is 5.97 Å². The standard InChI is InChI=1S/C14H14O6/c15-10-6-9-11(16)12(14(10,18)7-19-9)20-13(17)8-4-2-1-3-5-8/h1-5,9,11-12,16,18H,6-7H2/t9-,11-,12+,14-/m1/s1. The lowest BCUT2D eigenvalue weighted by Gasteiger charge is -2.48. The van der Waals surface area contributed by atoms with Crippen LogP contribution in [0.25, 0.3) is 0 Å². The second kappa shape index (κ2) is 4.66. The van der Waals surface area contributed by atoms with Gasteiger partial charge < -0.3 is 19.7 Å². The van der Waals surface area contributed by atoms with Gasteiger partial charge in [-0.25, -0.2) is 4.79 Å². The van der Waals surface area contributed by atoms with Gasteiger partial charge in [0.2, 0.25) is 0 Å². The van der Waals surface area contributed by atoms with Crippen LogP contribution in [0, 0.1) is 0 Å². The quantitative estimate of drug-likeness (QED) is 0.720. The van der Waals surface area contributed by atoms with Crippen molar-refractivity contribution in [2.75, 3.05) is 6.61 Å². The highest BCUT2D eigenvalue weighted by atomic mass is 16.6. The maximum atomic E-state index is 12.0. The van der Waals surface area contributed by atoms with Crippen LogP contribution in [0.2, 0.25) is 0 Å². The van der Waals surface area contributed by atoms with E-state index in [2.05, 4.69) is 0 Å². The third-order valence-electron chi connectivity index (χ3n) is 3.79. The molecule has 6 nitrogen and oxygen atoms in total. The molecule has 3 fully saturated rings. The SMILES string of the molecule is O=C(O[C@H]1[C@H](O)[C@H]2CC(=O)[C@]1(O)CO2)c1ccccc1. The number of fused-ring (bicyclic) bond motifs is 3. The number of ether oxygens (including phenoxy) is 2. The number of hydrogen-bond donors (Lipinski definition) is 2. The molecule has 0 unspecified atom stereocenters. The molecule has 1 aliphatic carbocycles. The summed E-state index contributed by atoms with van der Waals surface area (Å²) in [6.45, 7) is -0.264. The fourth-order valence-corrected chi connectivity index (χ4v) is 2.60. The number of carbonyl (C=O) groups excluding carboxylic acids is 2. The van der Waals surface area contributed by atoms with E-state index in [0.29, 0.717) is 0 Å². The molecule has 2 bridgehead atoms. The third kappa shape index (κ3) is 1.93. The van der Waals surface area contributed by atoms with Crippen LogP contribution in [0.4, 0.5) is 0 Å². The second-order valence-corrected chi connectivity index (χ2v) is 5.08. The lowest BCUT2D eigenvalue weighted by Crippen LogP contribution is -2.71. The van der Waals surface area contributed by atoms with Crippen LogP contribution in [0.3, 0.4) is 0 Å². The van der Waals surface area contributed by atoms with E-state index < -0.39 is 35.7 Å². The van der Waals surface area contributed by atoms with Gasteiger partial charge in [0.05, 0.1) is 18.3 Å². The Labute approximate surface area is 114 Å². The first-order valence-corrected chi connectivity index (χ1v) is 6.34. The summed E-state index contributed by atoms with van der Waals surface area (Å²) in [7, 11) is 0. The van der Waals surface area contributed by atoms with Crippen LogP contribution < -0.4 is 0 Å². The van der Waals surface area contributed by atoms with E-state index in [-0.39, 0.29) is 18.6 Å². The normalized spacial score (nSPS) is 35.9. The smallest absolute Gasteiger partial charge is 0.338 e. The molecule has 20 heavy (non-hydrogen) atoms. The van der Waals surface area contributed by atoms with E-state index in [9.17, 15) is 19.8 Å². The summed E-state index contributed by atoms with van der Waals surface area (Å²) in [5.74, 6) is -1.16. The number of rotatable bonds is 2. The Balaban J connectivity index is 1.83. The molecule has 1 aromatic carbocycles. The van der Waals surface area contributed by atoms with Gasteiger partial charge in [0, 0.05) is 6.42 Å². The third-order valence-corrected chi connectivity index (χ3v) is 3.79. The Morgan fingerprint density at radius 2 is 2.05 bits per heavy atom. The zero-order valence-corrected chi connectivity index (χ0v) is 10.6. The Morgan fingerprint density at radius 3 is 2.70 bits per heavy atom. The van der Waals surface area contributed by atoms with Gasteiger partial charge in [-0.15, -0.1) is 0 Å². The van der Waals surface area contributed by atoms with Crippen LogP contribution >= 0.6 is 0 Å². The predicted molar refractivity (Wildman–Crippen MR) is 66.0 cm³/mol. The van der Waals surface area contributed by atoms with E-state index in [4.69, 9.17) is 9.47 Å². The van der Waals surface area contributed by atoms with Gasteiger partial charge in [0.15, 0.2) is 17.5 Å². The minimum Gasteiger partial charge on any atom is -0.452 e. The van der Waals surface area contributed by atoms with Crippen LogP contribution in [0.15, 0.2) is 30.3 Å². The first kappa shape index (κ1) is 13.2. The Bertz CT molecular complexity index is 542. The van der Waals surface area contributed by atoms with Crippen molar-refractivity contribution in [1.82, 2.24) is 0 Å². The molecular formula is C14H14O6. The van der Waals surface area contributed by atoms with Crippen LogP contribution in [0.5, 0.6) is 0 Å². The van der Waals surface area contributed by atoms with Crippen molar-refractivity contribution in [3.63, 3.8) is 0 Å². The average molecular weight is 278 g/mol. The zero-order valence-electron chi connectivity index (χ0n) is 10.6. The highest BCUT2D eigenvalue weighted by molar-refractivity contribution is 5.93. The molecule has 106 valence electrons. The molecule has 0 spiro atoms. The maximum Gasteiger partial charge on any atom is 0.338 e. The predicted octanol–water partition coefficient (Wildman–Crippen LogP) is -0.324. The van der Waals surface area contributed by atoms with Crippen LogP contribution in [0.1, 0.15) is 16.8 Å². The molecule has 2 heterocycles. The number of carbonyl (C=O) groups is 2. The first-order valence-electron chi connectivity index (χ1n) is 6.34. The summed E-state index contributed by atoms with van der Waals surface area (Å²) >= 11 is 0. The highest BCUT2D eigenvalue weighted by Gasteiger charge is 2.60. The molecule has 3 aliphatic rings. The zero-order chi connectivity index (χ0) is 14.3. The second-order valence-electron chi connectivity index (χ2n) is 5.08. The molecule has 0 radical (unpaired) electrons. The topological polar surface area (TPSA) is 93.1 Å². The Hall–Kier alpha value is -1.76. The van der Waals surface area contributed by atoms with Gasteiger partial charge in [0.1, 0.15) is 6.10 Å². The molecule has 4 rings (SSSR count). The van der Waals surface area contributed by atoms with Crippen molar-refractivity contribution in [2.45, 2.75) is 30.3 Å². The maximum absolute atomic E-state index is 12.0. The van der Waals surface area contributed by atoms with Crippen molar-refractivity contribution < 1.29 is 29.3 Å². The number of benzene rings is 1. The van der Waals surface area contributed by atoms with Gasteiger partial charge in [-0.1, -0.05) is 18.2 Å². The molecule has 1 aromatic rings. The number of esters is 1. The molecular weight excluding hydrogens is 264 g/mol. The van der Waals surface area contributed by atoms with Crippen LogP contribution in [-0.2, 0) is 14.3 Å². The monoisotopic (exact) mass is 278 g/mol. The summed E-state index contributed by atoms with van der Waals surface area (Å²) in [5.41, 5.74) is -1.67. The van der Waals surface area contributed by atoms with Gasteiger partial charge in [0.25, 0.3) is 0 Å². The summed E-state index contributed by atoms with van der Waals surface area (Å²) in [4.78, 5) is 23.8. The summed E-state index contributed by atoms with van der Waals surface area (Å²) in [6.07, 6.45) is -3.31. The van der Waals surface area contributed by atoms with Crippen molar-refractivity contribution in [2.24, 2.45) is 0 Å². The Kier molecular flexibility index (Phi) is 3.08. The van der Waals surface area contributed by atoms with Gasteiger partial charge in [-0.2, -0.15) is 0 Å². The van der Waals surface area contributed by atoms with E-state index in [0.717, 1.165) is 0 Å². The number of aliphatic hydroxyl groups excluding tert-OH is 1. The Morgan fingerprint density at radius 1 is 1.35 bits per heavy atom. The minimum absolute atomic E-state index is 0.0724. The summed E-state index contributed by atoms with van der Waals surface area (Å²) < 4.78 is 10.3. The minimum atomic E-state index is -1.96. The molecule has 2 aliphatic heterocycles. The fraction of sp³-hybridized carbons (Fsp3) is 0.429. The first-order chi connectivity index (χ1) is 9.52. The summed E-state index contributed by atoms with van der Waals surface area (Å²) in [5, 5.41) is 20.3. The lowest BCUT2D eigenvalue weighted by atomic mass is 9.75. The highest BCUT2D eigenvalue weighted by Crippen LogP contribution is 2.36. The lowest BCUT2D eigenvalue weighted by molar-refractivity contribution is -0.250. The number of Topliss-reactive ketones (excluding diaryl/α,β-unsaturated/α-hetero) is 1. The largest absolute Gasteiger partial charge is 0.452 e. The molecule has 2 N–H and O–H groups in total. The van der Waals surface area contributed by atoms with Crippen molar-refractivity contribution >= 4 is 11.8 Å². The van der Waals surface area contributed by atoms with Gasteiger partial charge in [-0.3, -0.25) is 4.79 Å². The molecule has 1 saturated carbocycles. The number of ketones is 1. The molecule has 6 heteroatoms. The average Bonchev–Trinajstić information content (AvgIpc) is 2.46. The van der Waals surface area contributed by atoms with E-state index in [1.54, 1.807) is 30.3 Å². The van der Waals surface area contributed by atoms with E-state index in [1.165, 1.54) is 0 Å². The molecule has 0 amide bonds. The van der Waals surface area contributed by atoms with Crippen molar-refractivity contribution in [3.05, 3.63) is 35.9 Å². The van der Waals surface area contributed by atoms with Crippen molar-refractivity contribution in [1.29, 1.82) is 0 Å². The molecule has 4 atom stereocenters. The molecule has 2 saturated heterocycles. The van der Waals surface area contributed by atoms with Crippen molar-refractivity contribution in [3.8, 4) is 0 Å². The van der Waals surface area contributed by atoms with E-state index in [1.807, 2.05) is 0 Å². The summed E-state index contributed by atoms with van der Waals surface area (Å²) in [6, 6.07) is 8.20. The van der Waals surface area contributed by atoms with Gasteiger partial charge in [-0.05, 0) is 12.1 Å².